The summed E-state index contributed by atoms with van der Waals surface area (Å²) in [5.74, 6) is 0. The van der Waals surface area contributed by atoms with Crippen LogP contribution in [0, 0.1) is 6.92 Å². The van der Waals surface area contributed by atoms with Gasteiger partial charge in [0.1, 0.15) is 0 Å². The molecule has 0 radical (unpaired) electrons. The average molecular weight is 279 g/mol. The number of nitrogens with zero attached hydrogens (tertiary/aromatic N) is 2. The average Bonchev–Trinajstić information content (AvgIpc) is 2.86. The molecule has 3 rings (SSSR count). The first-order valence-corrected chi connectivity index (χ1v) is 7.45. The molecule has 0 bridgehead atoms. The summed E-state index contributed by atoms with van der Waals surface area (Å²) in [5, 5.41) is 6.98. The maximum atomic E-state index is 6.41. The summed E-state index contributed by atoms with van der Waals surface area (Å²) in [4.78, 5) is 0. The van der Waals surface area contributed by atoms with Crippen LogP contribution in [-0.2, 0) is 13.0 Å². The monoisotopic (exact) mass is 279 g/mol. The first-order chi connectivity index (χ1) is 10.2. The minimum absolute atomic E-state index is 0.00370. The first-order valence-electron chi connectivity index (χ1n) is 7.45. The highest BCUT2D eigenvalue weighted by molar-refractivity contribution is 5.83. The van der Waals surface area contributed by atoms with Crippen LogP contribution >= 0.6 is 0 Å². The summed E-state index contributed by atoms with van der Waals surface area (Å²) >= 11 is 0. The largest absolute Gasteiger partial charge is 0.324 e. The van der Waals surface area contributed by atoms with Crippen LogP contribution < -0.4 is 5.73 Å². The molecule has 108 valence electrons. The molecule has 1 atom stereocenters. The topological polar surface area (TPSA) is 43.8 Å². The van der Waals surface area contributed by atoms with E-state index in [1.807, 2.05) is 11.6 Å². The van der Waals surface area contributed by atoms with Crippen molar-refractivity contribution in [1.29, 1.82) is 0 Å². The Bertz CT molecular complexity index is 758. The van der Waals surface area contributed by atoms with Crippen molar-refractivity contribution >= 4 is 10.8 Å². The third-order valence-corrected chi connectivity index (χ3v) is 3.92. The zero-order chi connectivity index (χ0) is 14.8. The van der Waals surface area contributed by atoms with E-state index in [-0.39, 0.29) is 6.04 Å². The van der Waals surface area contributed by atoms with Gasteiger partial charge in [-0.2, -0.15) is 5.10 Å². The van der Waals surface area contributed by atoms with Crippen LogP contribution in [0.1, 0.15) is 29.9 Å². The Morgan fingerprint density at radius 1 is 1.10 bits per heavy atom. The molecule has 0 saturated carbocycles. The predicted molar refractivity (Wildman–Crippen MR) is 87.2 cm³/mol. The van der Waals surface area contributed by atoms with Gasteiger partial charge in [-0.15, -0.1) is 0 Å². The van der Waals surface area contributed by atoms with Crippen LogP contribution in [0.15, 0.2) is 48.5 Å². The minimum Gasteiger partial charge on any atom is -0.324 e. The van der Waals surface area contributed by atoms with Crippen molar-refractivity contribution in [3.63, 3.8) is 0 Å². The molecule has 21 heavy (non-hydrogen) atoms. The molecule has 1 heterocycles. The number of benzene rings is 2. The van der Waals surface area contributed by atoms with Crippen LogP contribution in [-0.4, -0.2) is 9.78 Å². The van der Waals surface area contributed by atoms with Crippen molar-refractivity contribution in [2.24, 2.45) is 5.73 Å². The van der Waals surface area contributed by atoms with Gasteiger partial charge in [-0.25, -0.2) is 0 Å². The molecule has 0 aliphatic heterocycles. The van der Waals surface area contributed by atoms with E-state index in [2.05, 4.69) is 60.6 Å². The number of fused-ring (bicyclic) bond motifs is 1. The summed E-state index contributed by atoms with van der Waals surface area (Å²) in [6.45, 7) is 5.02. The molecular weight excluding hydrogens is 258 g/mol. The molecule has 0 amide bonds. The SMILES string of the molecule is CCn1nc(C)cc1CC(N)c1ccc2ccccc2c1. The van der Waals surface area contributed by atoms with Gasteiger partial charge in [0.25, 0.3) is 0 Å². The van der Waals surface area contributed by atoms with Gasteiger partial charge in [0.05, 0.1) is 5.69 Å². The van der Waals surface area contributed by atoms with Crippen LogP contribution in [0.5, 0.6) is 0 Å². The van der Waals surface area contributed by atoms with Gasteiger partial charge in [-0.05, 0) is 42.3 Å². The van der Waals surface area contributed by atoms with Crippen molar-refractivity contribution in [3.8, 4) is 0 Å². The highest BCUT2D eigenvalue weighted by Crippen LogP contribution is 2.22. The molecule has 2 aromatic carbocycles. The smallest absolute Gasteiger partial charge is 0.0596 e. The molecule has 1 aromatic heterocycles. The van der Waals surface area contributed by atoms with E-state index < -0.39 is 0 Å². The Morgan fingerprint density at radius 2 is 1.86 bits per heavy atom. The summed E-state index contributed by atoms with van der Waals surface area (Å²) in [5.41, 5.74) is 9.84. The van der Waals surface area contributed by atoms with E-state index >= 15 is 0 Å². The molecule has 0 spiro atoms. The van der Waals surface area contributed by atoms with Gasteiger partial charge in [0.15, 0.2) is 0 Å². The number of aromatic nitrogens is 2. The van der Waals surface area contributed by atoms with E-state index in [0.29, 0.717) is 0 Å². The fourth-order valence-corrected chi connectivity index (χ4v) is 2.82. The van der Waals surface area contributed by atoms with Crippen molar-refractivity contribution in [2.75, 3.05) is 0 Å². The van der Waals surface area contributed by atoms with Gasteiger partial charge in [0, 0.05) is 24.7 Å². The van der Waals surface area contributed by atoms with Crippen molar-refractivity contribution < 1.29 is 0 Å². The van der Waals surface area contributed by atoms with Gasteiger partial charge >= 0.3 is 0 Å². The molecule has 0 saturated heterocycles. The maximum Gasteiger partial charge on any atom is 0.0596 e. The lowest BCUT2D eigenvalue weighted by molar-refractivity contribution is 0.587. The third kappa shape index (κ3) is 2.83. The quantitative estimate of drug-likeness (QED) is 0.793. The fraction of sp³-hybridized carbons (Fsp3) is 0.278. The lowest BCUT2D eigenvalue weighted by Crippen LogP contribution is -2.16. The zero-order valence-corrected chi connectivity index (χ0v) is 12.6. The third-order valence-electron chi connectivity index (χ3n) is 3.92. The normalized spacial score (nSPS) is 12.7. The number of hydrogen-bond acceptors (Lipinski definition) is 2. The van der Waals surface area contributed by atoms with Crippen LogP contribution in [0.3, 0.4) is 0 Å². The highest BCUT2D eigenvalue weighted by Gasteiger charge is 2.12. The molecular formula is C18H21N3. The second-order valence-electron chi connectivity index (χ2n) is 5.51. The second kappa shape index (κ2) is 5.70. The molecule has 0 fully saturated rings. The van der Waals surface area contributed by atoms with Crippen LogP contribution in [0.2, 0.25) is 0 Å². The Labute approximate surface area is 125 Å². The van der Waals surface area contributed by atoms with E-state index in [0.717, 1.165) is 18.7 Å². The second-order valence-corrected chi connectivity index (χ2v) is 5.51. The Hall–Kier alpha value is -2.13. The molecule has 0 aliphatic rings. The molecule has 2 N–H and O–H groups in total. The maximum absolute atomic E-state index is 6.41. The van der Waals surface area contributed by atoms with Crippen molar-refractivity contribution in [1.82, 2.24) is 9.78 Å². The summed E-state index contributed by atoms with van der Waals surface area (Å²) in [6.07, 6.45) is 0.813. The van der Waals surface area contributed by atoms with Crippen molar-refractivity contribution in [2.45, 2.75) is 32.9 Å². The standard InChI is InChI=1S/C18H21N3/c1-3-21-17(10-13(2)20-21)12-18(19)16-9-8-14-6-4-5-7-15(14)11-16/h4-11,18H,3,12,19H2,1-2H3. The van der Waals surface area contributed by atoms with Crippen molar-refractivity contribution in [3.05, 3.63) is 65.5 Å². The van der Waals surface area contributed by atoms with Gasteiger partial charge in [-0.1, -0.05) is 36.4 Å². The van der Waals surface area contributed by atoms with Crippen LogP contribution in [0.25, 0.3) is 10.8 Å². The first kappa shape index (κ1) is 13.8. The fourth-order valence-electron chi connectivity index (χ4n) is 2.82. The van der Waals surface area contributed by atoms with E-state index in [1.54, 1.807) is 0 Å². The summed E-state index contributed by atoms with van der Waals surface area (Å²) < 4.78 is 2.04. The Kier molecular flexibility index (Phi) is 3.76. The Balaban J connectivity index is 1.87. The van der Waals surface area contributed by atoms with Gasteiger partial charge in [0.2, 0.25) is 0 Å². The van der Waals surface area contributed by atoms with E-state index in [9.17, 15) is 0 Å². The predicted octanol–water partition coefficient (Wildman–Crippen LogP) is 3.61. The molecule has 3 heteroatoms. The number of rotatable bonds is 4. The number of nitrogens with two attached hydrogens (primary N) is 1. The minimum atomic E-state index is -0.00370. The lowest BCUT2D eigenvalue weighted by Gasteiger charge is -2.14. The van der Waals surface area contributed by atoms with Gasteiger partial charge < -0.3 is 5.73 Å². The van der Waals surface area contributed by atoms with Gasteiger partial charge in [-0.3, -0.25) is 4.68 Å². The Morgan fingerprint density at radius 3 is 2.62 bits per heavy atom. The zero-order valence-electron chi connectivity index (χ0n) is 12.6. The number of aryl methyl sites for hydroxylation is 2. The summed E-state index contributed by atoms with van der Waals surface area (Å²) in [6, 6.07) is 17.0. The molecule has 3 aromatic rings. The van der Waals surface area contributed by atoms with E-state index in [4.69, 9.17) is 5.73 Å². The van der Waals surface area contributed by atoms with E-state index in [1.165, 1.54) is 22.0 Å². The summed E-state index contributed by atoms with van der Waals surface area (Å²) in [7, 11) is 0. The van der Waals surface area contributed by atoms with Crippen LogP contribution in [0.4, 0.5) is 0 Å². The number of hydrogen-bond donors (Lipinski definition) is 1. The lowest BCUT2D eigenvalue weighted by atomic mass is 9.99. The highest BCUT2D eigenvalue weighted by atomic mass is 15.3. The molecule has 3 nitrogen and oxygen atoms in total. The molecule has 0 aliphatic carbocycles. The molecule has 1 unspecified atom stereocenters.